The lowest BCUT2D eigenvalue weighted by Crippen LogP contribution is -2.29. The molecule has 0 heterocycles. The zero-order valence-corrected chi connectivity index (χ0v) is 10.2. The highest BCUT2D eigenvalue weighted by Gasteiger charge is 2.11. The van der Waals surface area contributed by atoms with Gasteiger partial charge >= 0.3 is 0 Å². The summed E-state index contributed by atoms with van der Waals surface area (Å²) in [6.45, 7) is 8.93. The second-order valence-corrected chi connectivity index (χ2v) is 5.10. The Bertz CT molecular complexity index is 153. The zero-order valence-electron chi connectivity index (χ0n) is 9.17. The molecule has 0 rings (SSSR count). The third-order valence-corrected chi connectivity index (χ3v) is 3.85. The van der Waals surface area contributed by atoms with Gasteiger partial charge in [-0.3, -0.25) is 4.67 Å². The van der Waals surface area contributed by atoms with Crippen LogP contribution in [-0.2, 0) is 0 Å². The SMILES string of the molecule is CC(C)N(PCCCC#N)C(C)C. The molecule has 0 fully saturated rings. The molecular formula is C10H21N2P. The first-order valence-electron chi connectivity index (χ1n) is 4.98. The Morgan fingerprint density at radius 3 is 2.15 bits per heavy atom. The fraction of sp³-hybridized carbons (Fsp3) is 0.900. The molecule has 3 heteroatoms. The molecule has 0 aromatic carbocycles. The molecule has 0 saturated heterocycles. The number of hydrogen-bond donors (Lipinski definition) is 0. The van der Waals surface area contributed by atoms with Gasteiger partial charge in [-0.1, -0.05) is 8.73 Å². The molecular weight excluding hydrogens is 179 g/mol. The number of unbranched alkanes of at least 4 members (excludes halogenated alkanes) is 1. The van der Waals surface area contributed by atoms with Crippen molar-refractivity contribution in [3.8, 4) is 6.07 Å². The molecule has 0 aromatic rings. The summed E-state index contributed by atoms with van der Waals surface area (Å²) in [5, 5.41) is 8.39. The summed E-state index contributed by atoms with van der Waals surface area (Å²) in [7, 11) is 0.876. The van der Waals surface area contributed by atoms with E-state index in [4.69, 9.17) is 5.26 Å². The molecule has 0 aromatic heterocycles. The Balaban J connectivity index is 3.65. The van der Waals surface area contributed by atoms with Crippen LogP contribution in [0.1, 0.15) is 40.5 Å². The minimum absolute atomic E-state index is 0.625. The number of rotatable bonds is 6. The normalized spacial score (nSPS) is 12.2. The lowest BCUT2D eigenvalue weighted by atomic mass is 10.3. The molecule has 0 amide bonds. The maximum absolute atomic E-state index is 8.39. The molecule has 2 nitrogen and oxygen atoms in total. The summed E-state index contributed by atoms with van der Waals surface area (Å²) >= 11 is 0. The van der Waals surface area contributed by atoms with E-state index in [1.807, 2.05) is 0 Å². The first kappa shape index (κ1) is 12.9. The summed E-state index contributed by atoms with van der Waals surface area (Å²) in [5.74, 6) is 0. The monoisotopic (exact) mass is 200 g/mol. The Morgan fingerprint density at radius 2 is 1.77 bits per heavy atom. The Hall–Kier alpha value is -0.120. The van der Waals surface area contributed by atoms with E-state index >= 15 is 0 Å². The molecule has 0 aliphatic rings. The van der Waals surface area contributed by atoms with Gasteiger partial charge in [-0.25, -0.2) is 0 Å². The van der Waals surface area contributed by atoms with E-state index in [1.54, 1.807) is 0 Å². The molecule has 0 N–H and O–H groups in total. The van der Waals surface area contributed by atoms with Gasteiger partial charge in [-0.05, 0) is 40.3 Å². The Morgan fingerprint density at radius 1 is 1.23 bits per heavy atom. The molecule has 0 aliphatic heterocycles. The number of nitriles is 1. The van der Waals surface area contributed by atoms with Crippen LogP contribution >= 0.6 is 8.73 Å². The maximum atomic E-state index is 8.39. The van der Waals surface area contributed by atoms with Gasteiger partial charge in [0.2, 0.25) is 0 Å². The lowest BCUT2D eigenvalue weighted by molar-refractivity contribution is 0.328. The van der Waals surface area contributed by atoms with E-state index in [0.717, 1.165) is 15.2 Å². The van der Waals surface area contributed by atoms with Crippen molar-refractivity contribution in [3.05, 3.63) is 0 Å². The second-order valence-electron chi connectivity index (χ2n) is 3.76. The smallest absolute Gasteiger partial charge is 0.0621 e. The van der Waals surface area contributed by atoms with Crippen LogP contribution in [0.5, 0.6) is 0 Å². The molecule has 0 radical (unpaired) electrons. The van der Waals surface area contributed by atoms with Crippen molar-refractivity contribution < 1.29 is 0 Å². The van der Waals surface area contributed by atoms with Crippen LogP contribution in [-0.4, -0.2) is 22.9 Å². The van der Waals surface area contributed by atoms with Crippen LogP contribution in [0.15, 0.2) is 0 Å². The lowest BCUT2D eigenvalue weighted by Gasteiger charge is -2.30. The van der Waals surface area contributed by atoms with Crippen molar-refractivity contribution in [2.75, 3.05) is 6.16 Å². The van der Waals surface area contributed by atoms with Crippen LogP contribution in [0.25, 0.3) is 0 Å². The topological polar surface area (TPSA) is 27.0 Å². The predicted octanol–water partition coefficient (Wildman–Crippen LogP) is 3.00. The van der Waals surface area contributed by atoms with Crippen LogP contribution < -0.4 is 0 Å². The Labute approximate surface area is 84.1 Å². The summed E-state index contributed by atoms with van der Waals surface area (Å²) in [5.41, 5.74) is 0. The van der Waals surface area contributed by atoms with Gasteiger partial charge in [0.25, 0.3) is 0 Å². The number of nitrogens with zero attached hydrogens (tertiary/aromatic N) is 2. The molecule has 1 unspecified atom stereocenters. The van der Waals surface area contributed by atoms with Gasteiger partial charge in [-0.15, -0.1) is 0 Å². The third-order valence-electron chi connectivity index (χ3n) is 1.87. The fourth-order valence-corrected chi connectivity index (χ4v) is 2.66. The highest BCUT2D eigenvalue weighted by molar-refractivity contribution is 7.35. The minimum atomic E-state index is 0.625. The van der Waals surface area contributed by atoms with Crippen molar-refractivity contribution in [2.24, 2.45) is 0 Å². The Kier molecular flexibility index (Phi) is 7.23. The quantitative estimate of drug-likeness (QED) is 0.487. The molecule has 76 valence electrons. The highest BCUT2D eigenvalue weighted by Crippen LogP contribution is 2.25. The summed E-state index contributed by atoms with van der Waals surface area (Å²) in [6, 6.07) is 3.44. The standard InChI is InChI=1S/C10H21N2P/c1-9(2)12(10(3)4)13-8-6-5-7-11/h9-10,13H,5-6,8H2,1-4H3. The van der Waals surface area contributed by atoms with E-state index < -0.39 is 0 Å². The first-order chi connectivity index (χ1) is 6.09. The third kappa shape index (κ3) is 6.02. The number of hydrogen-bond acceptors (Lipinski definition) is 2. The summed E-state index contributed by atoms with van der Waals surface area (Å²) in [4.78, 5) is 0. The van der Waals surface area contributed by atoms with Crippen LogP contribution in [0.3, 0.4) is 0 Å². The van der Waals surface area contributed by atoms with Gasteiger partial charge in [-0.2, -0.15) is 5.26 Å². The molecule has 1 atom stereocenters. The van der Waals surface area contributed by atoms with Gasteiger partial charge in [0.1, 0.15) is 0 Å². The van der Waals surface area contributed by atoms with E-state index in [2.05, 4.69) is 38.4 Å². The van der Waals surface area contributed by atoms with E-state index in [9.17, 15) is 0 Å². The van der Waals surface area contributed by atoms with Gasteiger partial charge in [0.15, 0.2) is 0 Å². The first-order valence-corrected chi connectivity index (χ1v) is 6.13. The highest BCUT2D eigenvalue weighted by atomic mass is 31.1. The second kappa shape index (κ2) is 7.30. The van der Waals surface area contributed by atoms with Crippen LogP contribution in [0, 0.1) is 11.3 Å². The van der Waals surface area contributed by atoms with Crippen molar-refractivity contribution in [1.82, 2.24) is 4.67 Å². The maximum Gasteiger partial charge on any atom is 0.0621 e. The predicted molar refractivity (Wildman–Crippen MR) is 60.1 cm³/mol. The van der Waals surface area contributed by atoms with Crippen molar-refractivity contribution in [1.29, 1.82) is 5.26 Å². The van der Waals surface area contributed by atoms with Crippen molar-refractivity contribution in [2.45, 2.75) is 52.6 Å². The largest absolute Gasteiger partial charge is 0.280 e. The van der Waals surface area contributed by atoms with Crippen molar-refractivity contribution >= 4 is 8.73 Å². The van der Waals surface area contributed by atoms with E-state index in [-0.39, 0.29) is 0 Å². The van der Waals surface area contributed by atoms with E-state index in [0.29, 0.717) is 18.5 Å². The molecule has 13 heavy (non-hydrogen) atoms. The van der Waals surface area contributed by atoms with Gasteiger partial charge < -0.3 is 0 Å². The summed E-state index contributed by atoms with van der Waals surface area (Å²) < 4.78 is 2.50. The molecule has 0 spiro atoms. The molecule has 0 aliphatic carbocycles. The van der Waals surface area contributed by atoms with Crippen molar-refractivity contribution in [3.63, 3.8) is 0 Å². The molecule has 0 saturated carbocycles. The average Bonchev–Trinajstić information content (AvgIpc) is 2.02. The van der Waals surface area contributed by atoms with Crippen LogP contribution in [0.2, 0.25) is 0 Å². The average molecular weight is 200 g/mol. The molecule has 0 bridgehead atoms. The fourth-order valence-electron chi connectivity index (χ4n) is 1.34. The minimum Gasteiger partial charge on any atom is -0.280 e. The van der Waals surface area contributed by atoms with Crippen LogP contribution in [0.4, 0.5) is 0 Å². The van der Waals surface area contributed by atoms with E-state index in [1.165, 1.54) is 6.16 Å². The summed E-state index contributed by atoms with van der Waals surface area (Å²) in [6.07, 6.45) is 2.92. The van der Waals surface area contributed by atoms with Gasteiger partial charge in [0.05, 0.1) is 6.07 Å². The zero-order chi connectivity index (χ0) is 10.3. The van der Waals surface area contributed by atoms with Gasteiger partial charge in [0, 0.05) is 18.5 Å².